The number of nitrogens with zero attached hydrogens (tertiary/aromatic N) is 4. The third kappa shape index (κ3) is 15.9. The van der Waals surface area contributed by atoms with Crippen LogP contribution in [0.4, 0.5) is 0 Å². The Hall–Kier alpha value is -3.89. The lowest BCUT2D eigenvalue weighted by Gasteiger charge is -2.30. The number of cyclic esters (lactones) is 4. The SMILES string of the molecule is CCCCC[C@@H]1OC(=O)C(C)N(C)C(=O)[C@H](CCCCC)OC(=O)CN(C)C(=O)[C@H](CCCCS)OC(=O)C(C)N(C)C(=O)COC(=O)CN(C)C1=O. The zero-order chi connectivity index (χ0) is 40.2. The normalized spacial score (nSPS) is 24.4. The molecule has 0 aromatic rings. The first-order valence-corrected chi connectivity index (χ1v) is 19.0. The van der Waals surface area contributed by atoms with Crippen molar-refractivity contribution in [3.63, 3.8) is 0 Å². The van der Waals surface area contributed by atoms with Gasteiger partial charge in [-0.15, -0.1) is 0 Å². The zero-order valence-corrected chi connectivity index (χ0v) is 33.5. The van der Waals surface area contributed by atoms with Crippen LogP contribution in [0.5, 0.6) is 0 Å². The molecule has 5 atom stereocenters. The first-order chi connectivity index (χ1) is 25.0. The van der Waals surface area contributed by atoms with Crippen molar-refractivity contribution in [1.82, 2.24) is 19.6 Å². The Morgan fingerprint density at radius 2 is 0.981 bits per heavy atom. The monoisotopic (exact) mass is 772 g/mol. The van der Waals surface area contributed by atoms with Gasteiger partial charge in [-0.25, -0.2) is 9.59 Å². The maximum Gasteiger partial charge on any atom is 0.329 e. The lowest BCUT2D eigenvalue weighted by Crippen LogP contribution is -2.50. The van der Waals surface area contributed by atoms with Crippen molar-refractivity contribution in [2.45, 2.75) is 129 Å². The highest BCUT2D eigenvalue weighted by atomic mass is 32.1. The van der Waals surface area contributed by atoms with Crippen molar-refractivity contribution in [3.8, 4) is 0 Å². The summed E-state index contributed by atoms with van der Waals surface area (Å²) in [6, 6.07) is -2.39. The molecule has 1 fully saturated rings. The van der Waals surface area contributed by atoms with Crippen LogP contribution >= 0.6 is 12.6 Å². The first-order valence-electron chi connectivity index (χ1n) is 18.4. The first kappa shape index (κ1) is 47.1. The number of amides is 4. The maximum absolute atomic E-state index is 13.7. The molecule has 2 unspecified atom stereocenters. The molecule has 0 N–H and O–H groups in total. The second kappa shape index (κ2) is 24.4. The van der Waals surface area contributed by atoms with E-state index in [4.69, 9.17) is 18.9 Å². The van der Waals surface area contributed by atoms with Crippen molar-refractivity contribution in [3.05, 3.63) is 0 Å². The Morgan fingerprint density at radius 1 is 0.566 bits per heavy atom. The van der Waals surface area contributed by atoms with Crippen molar-refractivity contribution in [2.75, 3.05) is 53.6 Å². The summed E-state index contributed by atoms with van der Waals surface area (Å²) in [5, 5.41) is 0. The minimum atomic E-state index is -1.31. The lowest BCUT2D eigenvalue weighted by molar-refractivity contribution is -0.172. The van der Waals surface area contributed by atoms with Crippen LogP contribution in [0, 0.1) is 0 Å². The van der Waals surface area contributed by atoms with E-state index in [1.807, 2.05) is 13.8 Å². The fraction of sp³-hybridized carbons (Fsp3) is 0.778. The number of hydrogen-bond acceptors (Lipinski definition) is 13. The van der Waals surface area contributed by atoms with E-state index in [-0.39, 0.29) is 19.3 Å². The topological polar surface area (TPSA) is 186 Å². The van der Waals surface area contributed by atoms with Crippen molar-refractivity contribution >= 4 is 60.1 Å². The van der Waals surface area contributed by atoms with Gasteiger partial charge in [-0.05, 0) is 64.5 Å². The fourth-order valence-electron chi connectivity index (χ4n) is 5.25. The van der Waals surface area contributed by atoms with Gasteiger partial charge in [0.2, 0.25) is 0 Å². The highest BCUT2D eigenvalue weighted by Gasteiger charge is 2.36. The molecule has 0 bridgehead atoms. The molecule has 0 saturated carbocycles. The molecule has 0 aromatic carbocycles. The molecule has 0 aromatic heterocycles. The smallest absolute Gasteiger partial charge is 0.329 e. The average Bonchev–Trinajstić information content (AvgIpc) is 3.13. The number of unbranched alkanes of at least 4 members (excludes halogenated alkanes) is 5. The highest BCUT2D eigenvalue weighted by Crippen LogP contribution is 2.17. The third-order valence-electron chi connectivity index (χ3n) is 9.06. The number of esters is 4. The van der Waals surface area contributed by atoms with Crippen molar-refractivity contribution < 1.29 is 57.3 Å². The van der Waals surface area contributed by atoms with Gasteiger partial charge >= 0.3 is 23.9 Å². The van der Waals surface area contributed by atoms with Crippen LogP contribution in [0.3, 0.4) is 0 Å². The van der Waals surface area contributed by atoms with Crippen LogP contribution < -0.4 is 0 Å². The van der Waals surface area contributed by atoms with Crippen LogP contribution in [0.15, 0.2) is 0 Å². The fourth-order valence-corrected chi connectivity index (χ4v) is 5.47. The van der Waals surface area contributed by atoms with Gasteiger partial charge in [0, 0.05) is 28.2 Å². The Bertz CT molecular complexity index is 1260. The van der Waals surface area contributed by atoms with Crippen LogP contribution in [0.2, 0.25) is 0 Å². The maximum atomic E-state index is 13.7. The van der Waals surface area contributed by atoms with Crippen LogP contribution in [0.1, 0.15) is 98.3 Å². The van der Waals surface area contributed by atoms with E-state index >= 15 is 0 Å². The Labute approximate surface area is 318 Å². The van der Waals surface area contributed by atoms with E-state index in [0.717, 1.165) is 45.3 Å². The molecule has 0 aliphatic carbocycles. The number of carbonyl (C=O) groups is 8. The van der Waals surface area contributed by atoms with Crippen LogP contribution in [-0.4, -0.2) is 151 Å². The number of carbonyl (C=O) groups excluding carboxylic acids is 8. The van der Waals surface area contributed by atoms with E-state index < -0.39 is 97.6 Å². The van der Waals surface area contributed by atoms with Gasteiger partial charge in [-0.1, -0.05) is 39.5 Å². The van der Waals surface area contributed by atoms with Gasteiger partial charge < -0.3 is 38.5 Å². The highest BCUT2D eigenvalue weighted by molar-refractivity contribution is 7.80. The van der Waals surface area contributed by atoms with Gasteiger partial charge in [0.15, 0.2) is 24.9 Å². The van der Waals surface area contributed by atoms with Gasteiger partial charge in [0.25, 0.3) is 23.6 Å². The Morgan fingerprint density at radius 3 is 1.43 bits per heavy atom. The number of likely N-dealkylation sites (N-methyl/N-ethyl adjacent to an activating group) is 4. The molecule has 1 aliphatic rings. The van der Waals surface area contributed by atoms with E-state index in [9.17, 15) is 38.4 Å². The Kier molecular flexibility index (Phi) is 21.7. The summed E-state index contributed by atoms with van der Waals surface area (Å²) in [4.78, 5) is 110. The molecule has 4 amide bonds. The number of rotatable bonds is 12. The number of ether oxygens (including phenoxy) is 4. The minimum Gasteiger partial charge on any atom is -0.454 e. The summed E-state index contributed by atoms with van der Waals surface area (Å²) in [5.74, 6) is -5.91. The zero-order valence-electron chi connectivity index (χ0n) is 32.6. The average molecular weight is 773 g/mol. The summed E-state index contributed by atoms with van der Waals surface area (Å²) < 4.78 is 21.9. The predicted octanol–water partition coefficient (Wildman–Crippen LogP) is 2.15. The summed E-state index contributed by atoms with van der Waals surface area (Å²) in [6.07, 6.45) is 1.77. The predicted molar refractivity (Wildman–Crippen MR) is 196 cm³/mol. The summed E-state index contributed by atoms with van der Waals surface area (Å²) in [7, 11) is 5.30. The molecule has 1 heterocycles. The van der Waals surface area contributed by atoms with E-state index in [1.165, 1.54) is 42.0 Å². The Balaban J connectivity index is 3.51. The van der Waals surface area contributed by atoms with Gasteiger partial charge in [0.1, 0.15) is 25.2 Å². The van der Waals surface area contributed by atoms with Crippen molar-refractivity contribution in [2.24, 2.45) is 0 Å². The van der Waals surface area contributed by atoms with Crippen molar-refractivity contribution in [1.29, 1.82) is 0 Å². The molecular weight excluding hydrogens is 712 g/mol. The quantitative estimate of drug-likeness (QED) is 0.132. The molecule has 0 spiro atoms. The largest absolute Gasteiger partial charge is 0.454 e. The van der Waals surface area contributed by atoms with Crippen LogP contribution in [0.25, 0.3) is 0 Å². The second-order valence-electron chi connectivity index (χ2n) is 13.4. The molecule has 53 heavy (non-hydrogen) atoms. The van der Waals surface area contributed by atoms with E-state index in [0.29, 0.717) is 31.4 Å². The molecule has 1 aliphatic heterocycles. The molecule has 1 saturated heterocycles. The van der Waals surface area contributed by atoms with Gasteiger partial charge in [-0.2, -0.15) is 12.6 Å². The molecular formula is C36H60N4O12S. The van der Waals surface area contributed by atoms with Crippen LogP contribution in [-0.2, 0) is 57.3 Å². The standard InChI is InChI=1S/C36H60N4O12S/c1-9-11-13-17-26-32(44)37(5)21-30(42)49-23-29(41)39(7)24(3)35(47)51-27(19-15-16-20-53)33(45)38(6)22-31(43)50-28(18-14-12-10-2)34(46)40(8)25(4)36(48)52-26/h24-28,53H,9-23H2,1-8H3/t24?,25?,26-,27-,28-/m0/s1. The molecule has 1 rings (SSSR count). The lowest BCUT2D eigenvalue weighted by atomic mass is 10.1. The third-order valence-corrected chi connectivity index (χ3v) is 9.37. The summed E-state index contributed by atoms with van der Waals surface area (Å²) >= 11 is 4.19. The summed E-state index contributed by atoms with van der Waals surface area (Å²) in [5.41, 5.74) is 0. The molecule has 16 nitrogen and oxygen atoms in total. The second-order valence-corrected chi connectivity index (χ2v) is 13.8. The minimum absolute atomic E-state index is 0.106. The molecule has 17 heteroatoms. The van der Waals surface area contributed by atoms with E-state index in [2.05, 4.69) is 12.6 Å². The summed E-state index contributed by atoms with van der Waals surface area (Å²) in [6.45, 7) is 4.82. The molecule has 302 valence electrons. The molecule has 0 radical (unpaired) electrons. The van der Waals surface area contributed by atoms with Gasteiger partial charge in [-0.3, -0.25) is 28.8 Å². The number of hydrogen-bond donors (Lipinski definition) is 1. The van der Waals surface area contributed by atoms with Gasteiger partial charge in [0.05, 0.1) is 0 Å². The number of thiol groups is 1. The van der Waals surface area contributed by atoms with E-state index in [1.54, 1.807) is 0 Å².